The van der Waals surface area contributed by atoms with Gasteiger partial charge in [-0.15, -0.1) is 0 Å². The van der Waals surface area contributed by atoms with E-state index < -0.39 is 4.92 Å². The molecule has 0 saturated heterocycles. The zero-order valence-electron chi connectivity index (χ0n) is 26.4. The van der Waals surface area contributed by atoms with E-state index in [1.807, 2.05) is 0 Å². The van der Waals surface area contributed by atoms with Crippen molar-refractivity contribution in [3.63, 3.8) is 0 Å². The van der Waals surface area contributed by atoms with Crippen molar-refractivity contribution < 1.29 is 23.8 Å². The number of hydrogen-bond donors (Lipinski definition) is 0. The first-order chi connectivity index (χ1) is 22.4. The Morgan fingerprint density at radius 3 is 2.72 bits per heavy atom. The second kappa shape index (κ2) is 11.4. The molecule has 5 aliphatic heterocycles. The quantitative estimate of drug-likeness (QED) is 0.0651. The molecule has 2 atom stereocenters. The van der Waals surface area contributed by atoms with Crippen molar-refractivity contribution >= 4 is 34.8 Å². The van der Waals surface area contributed by atoms with Crippen LogP contribution in [0.2, 0.25) is 0 Å². The van der Waals surface area contributed by atoms with Crippen molar-refractivity contribution in [3.05, 3.63) is 92.5 Å². The van der Waals surface area contributed by atoms with Gasteiger partial charge in [-0.2, -0.15) is 4.58 Å². The number of aryl methyl sites for hydroxylation is 1. The van der Waals surface area contributed by atoms with Gasteiger partial charge >= 0.3 is 5.97 Å². The van der Waals surface area contributed by atoms with Gasteiger partial charge in [-0.25, -0.2) is 0 Å². The molecule has 8 rings (SSSR count). The second-order valence-electron chi connectivity index (χ2n) is 13.6. The summed E-state index contributed by atoms with van der Waals surface area (Å²) in [4.78, 5) is 25.5. The molecule has 0 N–H and O–H groups in total. The number of unbranched alkanes of at least 4 members (excludes halogenated alkanes) is 2. The van der Waals surface area contributed by atoms with Crippen molar-refractivity contribution in [1.82, 2.24) is 0 Å². The molecule has 8 nitrogen and oxygen atoms in total. The summed E-state index contributed by atoms with van der Waals surface area (Å²) in [6, 6.07) is 16.9. The van der Waals surface area contributed by atoms with E-state index in [1.54, 1.807) is 0 Å². The second-order valence-corrected chi connectivity index (χ2v) is 13.6. The predicted molar refractivity (Wildman–Crippen MR) is 178 cm³/mol. The summed E-state index contributed by atoms with van der Waals surface area (Å²) >= 11 is 0. The molecule has 8 heteroatoms. The maximum atomic E-state index is 12.5. The van der Waals surface area contributed by atoms with Gasteiger partial charge in [-0.3, -0.25) is 14.9 Å². The van der Waals surface area contributed by atoms with Crippen molar-refractivity contribution in [3.8, 4) is 11.5 Å². The molecule has 5 aliphatic rings. The van der Waals surface area contributed by atoms with Gasteiger partial charge in [0.25, 0.3) is 5.69 Å². The predicted octanol–water partition coefficient (Wildman–Crippen LogP) is 7.45. The van der Waals surface area contributed by atoms with Crippen molar-refractivity contribution in [2.45, 2.75) is 82.7 Å². The molecule has 0 fully saturated rings. The third kappa shape index (κ3) is 4.81. The normalized spacial score (nSPS) is 22.1. The van der Waals surface area contributed by atoms with Crippen LogP contribution in [0, 0.1) is 10.1 Å². The summed E-state index contributed by atoms with van der Waals surface area (Å²) in [6.07, 6.45) is 12.1. The number of nitro benzene ring substituents is 1. The van der Waals surface area contributed by atoms with Crippen LogP contribution in [-0.4, -0.2) is 46.9 Å². The SMILES string of the molecule is CC1(CCCCCC(=O)Oc2ccc([N+](=O)[O-])cc2)C2=[N+](CCC3Oc4c(cc5c6c4CCCN6CCC5)C=C23)c2ccccc21. The first-order valence-corrected chi connectivity index (χ1v) is 16.9. The maximum absolute atomic E-state index is 12.5. The summed E-state index contributed by atoms with van der Waals surface area (Å²) in [5.41, 5.74) is 10.9. The molecule has 3 aromatic rings. The van der Waals surface area contributed by atoms with E-state index in [-0.39, 0.29) is 23.2 Å². The average molecular weight is 619 g/mol. The van der Waals surface area contributed by atoms with Crippen LogP contribution in [0.25, 0.3) is 6.08 Å². The summed E-state index contributed by atoms with van der Waals surface area (Å²) < 4.78 is 15.0. The van der Waals surface area contributed by atoms with Gasteiger partial charge in [0.15, 0.2) is 12.3 Å². The highest BCUT2D eigenvalue weighted by Crippen LogP contribution is 2.51. The average Bonchev–Trinajstić information content (AvgIpc) is 3.32. The fraction of sp³-hybridized carbons (Fsp3) is 0.421. The number of nitrogens with zero attached hydrogens (tertiary/aromatic N) is 3. The highest BCUT2D eigenvalue weighted by atomic mass is 16.6. The number of esters is 1. The van der Waals surface area contributed by atoms with Crippen LogP contribution in [0.15, 0.2) is 60.2 Å². The zero-order chi connectivity index (χ0) is 31.4. The smallest absolute Gasteiger partial charge is 0.311 e. The summed E-state index contributed by atoms with van der Waals surface area (Å²) in [6.45, 7) is 5.67. The van der Waals surface area contributed by atoms with Crippen molar-refractivity contribution in [1.29, 1.82) is 0 Å². The monoisotopic (exact) mass is 618 g/mol. The zero-order valence-corrected chi connectivity index (χ0v) is 26.4. The number of non-ortho nitro benzene ring substituents is 1. The first kappa shape index (κ1) is 29.0. The minimum atomic E-state index is -0.466. The Labute approximate surface area is 269 Å². The van der Waals surface area contributed by atoms with Crippen LogP contribution < -0.4 is 14.4 Å². The lowest BCUT2D eigenvalue weighted by atomic mass is 9.71. The minimum Gasteiger partial charge on any atom is -0.484 e. The summed E-state index contributed by atoms with van der Waals surface area (Å²) in [5, 5.41) is 10.9. The van der Waals surface area contributed by atoms with Crippen LogP contribution in [-0.2, 0) is 23.1 Å². The Hall–Kier alpha value is -4.46. The fourth-order valence-corrected chi connectivity index (χ4v) is 8.67. The van der Waals surface area contributed by atoms with E-state index in [2.05, 4.69) is 52.8 Å². The number of anilines is 1. The molecule has 0 radical (unpaired) electrons. The molecule has 5 heterocycles. The van der Waals surface area contributed by atoms with Crippen LogP contribution in [0.5, 0.6) is 11.5 Å². The number of fused-ring (bicyclic) bond motifs is 6. The molecule has 3 aromatic carbocycles. The van der Waals surface area contributed by atoms with Crippen molar-refractivity contribution in [2.24, 2.45) is 0 Å². The third-order valence-corrected chi connectivity index (χ3v) is 10.7. The Balaban J connectivity index is 1.01. The number of carbonyl (C=O) groups excluding carboxylic acids is 1. The lowest BCUT2D eigenvalue weighted by Crippen LogP contribution is -2.44. The van der Waals surface area contributed by atoms with Crippen LogP contribution >= 0.6 is 0 Å². The van der Waals surface area contributed by atoms with Gasteiger partial charge in [-0.1, -0.05) is 31.0 Å². The van der Waals surface area contributed by atoms with E-state index in [0.717, 1.165) is 70.3 Å². The van der Waals surface area contributed by atoms with E-state index in [1.165, 1.54) is 82.0 Å². The topological polar surface area (TPSA) is 84.9 Å². The Bertz CT molecular complexity index is 1810. The number of rotatable bonds is 8. The fourth-order valence-electron chi connectivity index (χ4n) is 8.67. The van der Waals surface area contributed by atoms with Gasteiger partial charge in [0.1, 0.15) is 17.6 Å². The third-order valence-electron chi connectivity index (χ3n) is 10.7. The molecule has 0 amide bonds. The van der Waals surface area contributed by atoms with E-state index in [0.29, 0.717) is 12.2 Å². The number of benzene rings is 3. The van der Waals surface area contributed by atoms with Crippen LogP contribution in [0.1, 0.15) is 80.5 Å². The number of ether oxygens (including phenoxy) is 2. The van der Waals surface area contributed by atoms with Gasteiger partial charge < -0.3 is 14.4 Å². The Kier molecular flexibility index (Phi) is 7.19. The van der Waals surface area contributed by atoms with Crippen LogP contribution in [0.4, 0.5) is 17.1 Å². The van der Waals surface area contributed by atoms with Gasteiger partial charge in [-0.05, 0) is 75.3 Å². The van der Waals surface area contributed by atoms with Gasteiger partial charge in [0.2, 0.25) is 5.69 Å². The molecule has 0 aliphatic carbocycles. The molecule has 0 aromatic heterocycles. The highest BCUT2D eigenvalue weighted by Gasteiger charge is 2.54. The largest absolute Gasteiger partial charge is 0.484 e. The molecule has 236 valence electrons. The summed E-state index contributed by atoms with van der Waals surface area (Å²) in [5.74, 6) is 1.15. The lowest BCUT2D eigenvalue weighted by molar-refractivity contribution is -0.444. The standard InChI is InChI=1S/C38H40N3O5/c1-38(19-6-2-3-13-34(42)45-28-16-14-27(15-17-28)41(43)44)31-11-4-5-12-32(31)40-22-18-33-30(37(38)40)24-26-23-25-9-7-20-39-21-8-10-29(35(25)39)36(26)46-33/h4-5,11-12,14-17,23-24,33H,2-3,6-10,13,18-22H2,1H3/q+1. The van der Waals surface area contributed by atoms with Gasteiger partial charge in [0, 0.05) is 66.5 Å². The molecular weight excluding hydrogens is 578 g/mol. The molecular formula is C38H40N3O5+. The molecule has 0 spiro atoms. The molecule has 46 heavy (non-hydrogen) atoms. The highest BCUT2D eigenvalue weighted by molar-refractivity contribution is 6.11. The van der Waals surface area contributed by atoms with E-state index in [4.69, 9.17) is 9.47 Å². The van der Waals surface area contributed by atoms with Gasteiger partial charge in [0.05, 0.1) is 15.9 Å². The van der Waals surface area contributed by atoms with E-state index >= 15 is 0 Å². The van der Waals surface area contributed by atoms with Crippen molar-refractivity contribution in [2.75, 3.05) is 24.5 Å². The Morgan fingerprint density at radius 1 is 1.09 bits per heavy atom. The van der Waals surface area contributed by atoms with Crippen LogP contribution in [0.3, 0.4) is 0 Å². The molecule has 0 saturated carbocycles. The Morgan fingerprint density at radius 2 is 1.89 bits per heavy atom. The molecule has 0 bridgehead atoms. The van der Waals surface area contributed by atoms with E-state index in [9.17, 15) is 14.9 Å². The number of nitro groups is 1. The summed E-state index contributed by atoms with van der Waals surface area (Å²) in [7, 11) is 0. The number of carbonyl (C=O) groups is 1. The minimum absolute atomic E-state index is 0.0257. The molecule has 2 unspecified atom stereocenters. The lowest BCUT2D eigenvalue weighted by Gasteiger charge is -2.40. The number of hydrogen-bond acceptors (Lipinski definition) is 6. The maximum Gasteiger partial charge on any atom is 0.311 e. The first-order valence-electron chi connectivity index (χ1n) is 16.9. The number of para-hydroxylation sites is 1.